The van der Waals surface area contributed by atoms with E-state index in [-0.39, 0.29) is 54.9 Å². The number of benzene rings is 1. The van der Waals surface area contributed by atoms with Gasteiger partial charge in [-0.1, -0.05) is 126 Å². The van der Waals surface area contributed by atoms with Crippen molar-refractivity contribution in [3.8, 4) is 0 Å². The number of ketones is 1. The number of allylic oxidation sites excluding steroid dienone is 12. The Kier molecular flexibility index (Phi) is 23.1. The van der Waals surface area contributed by atoms with Gasteiger partial charge in [-0.2, -0.15) is 0 Å². The van der Waals surface area contributed by atoms with Crippen LogP contribution in [0.25, 0.3) is 0 Å². The number of esters is 5. The van der Waals surface area contributed by atoms with Gasteiger partial charge in [0.25, 0.3) is 0 Å². The van der Waals surface area contributed by atoms with Crippen LogP contribution in [0.3, 0.4) is 0 Å². The topological polar surface area (TPSA) is 237 Å². The molecule has 1 amide bonds. The van der Waals surface area contributed by atoms with E-state index in [0.717, 1.165) is 32.1 Å². The van der Waals surface area contributed by atoms with Gasteiger partial charge in [-0.15, -0.1) is 0 Å². The highest BCUT2D eigenvalue weighted by atomic mass is 16.6. The molecule has 5 aliphatic rings. The number of amides is 1. The molecule has 11 atom stereocenters. The first kappa shape index (κ1) is 66.7. The number of fused-ring (bicyclic) bond motifs is 5. The summed E-state index contributed by atoms with van der Waals surface area (Å²) in [6, 6.07) is 6.68. The quantitative estimate of drug-likeness (QED) is 0.0444. The van der Waals surface area contributed by atoms with Crippen molar-refractivity contribution < 1.29 is 76.9 Å². The molecule has 3 saturated carbocycles. The largest absolute Gasteiger partial charge is 0.455 e. The number of carbonyl (C=O) groups excluding carboxylic acids is 7. The molecule has 4 fully saturated rings. The lowest BCUT2D eigenvalue weighted by Crippen LogP contribution is -2.82. The Morgan fingerprint density at radius 3 is 1.90 bits per heavy atom. The molecule has 84 heavy (non-hydrogen) atoms. The zero-order valence-corrected chi connectivity index (χ0v) is 51.1. The lowest BCUT2D eigenvalue weighted by atomic mass is 9.44. The van der Waals surface area contributed by atoms with Crippen LogP contribution in [0.15, 0.2) is 114 Å². The molecule has 1 aromatic rings. The van der Waals surface area contributed by atoms with Gasteiger partial charge in [0.15, 0.2) is 17.5 Å². The molecule has 17 heteroatoms. The third kappa shape index (κ3) is 16.1. The monoisotopic (exact) mass is 1170 g/mol. The molecule has 1 unspecified atom stereocenters. The standard InChI is InChI=1S/C67H91NO16/c1-12-13-14-15-16-17-18-19-20-21-22-23-24-25-26-27-28-29-33-36-52(71)80-54(48(39-43(2)3)68-62(76)84-63(6,7)8)61(75)79-49-41-67(77)58(82-60(74)46-34-31-30-32-35-46)56-65(11,50(70)40-51-66(56,42-78-51)83-45(5)69)57(72)55(81-59(73)47-37-38-47)53(44(49)4)64(67,9)10/h13-14,16-17,19-20,22-23,25-26,28-32,34-35,43,47-51,54-56,58,70,77H,12,15,18,21,24,27,33,36-42H2,1-11H3,(H,68,76)/b14-13-,17-16-,20-19-,23-22-,26-25-,29-28+/t48-,49-,50-,51+,54+,55+,56?,58-,65+,66-,67+/m0/s1. The summed E-state index contributed by atoms with van der Waals surface area (Å²) >= 11 is 0. The molecule has 1 aromatic carbocycles. The van der Waals surface area contributed by atoms with Gasteiger partial charge in [-0.05, 0) is 128 Å². The summed E-state index contributed by atoms with van der Waals surface area (Å²) in [4.78, 5) is 101. The molecule has 4 aliphatic carbocycles. The molecule has 17 nitrogen and oxygen atoms in total. The SMILES string of the molecule is CC/C=C\C/C=C\C/C=C\C/C=C\C/C=C\C/C=C/CCC(=O)O[C@@H](C(=O)O[C@H]1C[C@@]2(O)[C@@H](OC(=O)c3ccccc3)C3[C@](C)(C(=O)[C@H](OC(=O)C4CC4)C(=C1C)C2(C)C)[C@@H](O)C[C@H]1OC[C@@]31OC(C)=O)[C@H](CC(C)C)NC(=O)OC(C)(C)C. The summed E-state index contributed by atoms with van der Waals surface area (Å²) in [6.07, 6.45) is 20.0. The van der Waals surface area contributed by atoms with Gasteiger partial charge in [0.2, 0.25) is 6.10 Å². The molecule has 0 aromatic heterocycles. The van der Waals surface area contributed by atoms with Crippen LogP contribution < -0.4 is 5.32 Å². The first-order valence-electron chi connectivity index (χ1n) is 29.9. The molecular weight excluding hydrogens is 1070 g/mol. The van der Waals surface area contributed by atoms with Crippen LogP contribution in [0.4, 0.5) is 4.79 Å². The maximum atomic E-state index is 16.0. The summed E-state index contributed by atoms with van der Waals surface area (Å²) in [5.74, 6) is -7.49. The summed E-state index contributed by atoms with van der Waals surface area (Å²) in [7, 11) is 0. The maximum Gasteiger partial charge on any atom is 0.408 e. The number of hydrogen-bond donors (Lipinski definition) is 3. The van der Waals surface area contributed by atoms with Gasteiger partial charge < -0.3 is 48.7 Å². The van der Waals surface area contributed by atoms with Crippen molar-refractivity contribution in [1.82, 2.24) is 5.32 Å². The van der Waals surface area contributed by atoms with Gasteiger partial charge in [0, 0.05) is 31.6 Å². The van der Waals surface area contributed by atoms with E-state index in [0.29, 0.717) is 19.3 Å². The van der Waals surface area contributed by atoms with Crippen LogP contribution >= 0.6 is 0 Å². The summed E-state index contributed by atoms with van der Waals surface area (Å²) < 4.78 is 43.1. The number of alkyl carbamates (subject to hydrolysis) is 1. The van der Waals surface area contributed by atoms with Crippen molar-refractivity contribution in [2.45, 2.75) is 219 Å². The van der Waals surface area contributed by atoms with Crippen LogP contribution in [0.2, 0.25) is 0 Å². The molecule has 0 radical (unpaired) electrons. The van der Waals surface area contributed by atoms with Gasteiger partial charge in [-0.3, -0.25) is 19.2 Å². The van der Waals surface area contributed by atoms with Crippen molar-refractivity contribution in [2.24, 2.45) is 28.6 Å². The summed E-state index contributed by atoms with van der Waals surface area (Å²) in [5, 5.41) is 29.2. The fourth-order valence-corrected chi connectivity index (χ4v) is 12.2. The molecular formula is C67H91NO16. The average molecular weight is 1170 g/mol. The third-order valence-corrected chi connectivity index (χ3v) is 16.7. The number of ether oxygens (including phenoxy) is 7. The summed E-state index contributed by atoms with van der Waals surface area (Å²) in [5.41, 5.74) is -8.71. The number of aliphatic hydroxyl groups excluding tert-OH is 1. The molecule has 0 spiro atoms. The predicted molar refractivity (Wildman–Crippen MR) is 316 cm³/mol. The van der Waals surface area contributed by atoms with Crippen LogP contribution in [-0.2, 0) is 57.1 Å². The third-order valence-electron chi connectivity index (χ3n) is 16.7. The van der Waals surface area contributed by atoms with Crippen LogP contribution in [0.5, 0.6) is 0 Å². The normalized spacial score (nSPS) is 28.4. The van der Waals surface area contributed by atoms with Crippen molar-refractivity contribution in [2.75, 3.05) is 6.61 Å². The average Bonchev–Trinajstić information content (AvgIpc) is 0.720. The van der Waals surface area contributed by atoms with Crippen molar-refractivity contribution >= 4 is 41.7 Å². The van der Waals surface area contributed by atoms with E-state index < -0.39 is 130 Å². The number of rotatable bonds is 26. The second-order valence-electron chi connectivity index (χ2n) is 25.0. The molecule has 2 bridgehead atoms. The smallest absolute Gasteiger partial charge is 0.408 e. The highest BCUT2D eigenvalue weighted by molar-refractivity contribution is 5.96. The molecule has 1 heterocycles. The Bertz CT molecular complexity index is 2720. The molecule has 1 saturated heterocycles. The van der Waals surface area contributed by atoms with E-state index >= 15 is 9.59 Å². The predicted octanol–water partition coefficient (Wildman–Crippen LogP) is 10.9. The van der Waals surface area contributed by atoms with E-state index in [4.69, 9.17) is 33.2 Å². The number of carbonyl (C=O) groups is 7. The van der Waals surface area contributed by atoms with Crippen molar-refractivity contribution in [3.63, 3.8) is 0 Å². The Balaban J connectivity index is 1.33. The fraction of sp³-hybridized carbons (Fsp3) is 0.597. The van der Waals surface area contributed by atoms with E-state index in [1.165, 1.54) is 26.0 Å². The Morgan fingerprint density at radius 1 is 0.821 bits per heavy atom. The van der Waals surface area contributed by atoms with Gasteiger partial charge >= 0.3 is 35.9 Å². The maximum absolute atomic E-state index is 16.0. The zero-order chi connectivity index (χ0) is 61.6. The highest BCUT2D eigenvalue weighted by Gasteiger charge is 2.78. The van der Waals surface area contributed by atoms with Gasteiger partial charge in [0.1, 0.15) is 29.5 Å². The lowest BCUT2D eigenvalue weighted by Gasteiger charge is -2.67. The van der Waals surface area contributed by atoms with Crippen molar-refractivity contribution in [1.29, 1.82) is 0 Å². The summed E-state index contributed by atoms with van der Waals surface area (Å²) in [6.45, 7) is 17.9. The van der Waals surface area contributed by atoms with Crippen LogP contribution in [-0.4, -0.2) is 118 Å². The second kappa shape index (κ2) is 29.1. The molecule has 1 aliphatic heterocycles. The minimum atomic E-state index is -2.43. The zero-order valence-electron chi connectivity index (χ0n) is 51.1. The van der Waals surface area contributed by atoms with E-state index in [9.17, 15) is 34.2 Å². The highest BCUT2D eigenvalue weighted by Crippen LogP contribution is 2.64. The Labute approximate surface area is 496 Å². The molecule has 3 N–H and O–H groups in total. The molecule has 460 valence electrons. The fourth-order valence-electron chi connectivity index (χ4n) is 12.2. The number of nitrogens with one attached hydrogen (secondary N) is 1. The number of hydrogen-bond acceptors (Lipinski definition) is 16. The van der Waals surface area contributed by atoms with E-state index in [1.807, 2.05) is 32.1 Å². The van der Waals surface area contributed by atoms with Gasteiger partial charge in [-0.25, -0.2) is 14.4 Å². The van der Waals surface area contributed by atoms with Crippen LogP contribution in [0.1, 0.15) is 170 Å². The van der Waals surface area contributed by atoms with Crippen molar-refractivity contribution in [3.05, 3.63) is 120 Å². The van der Waals surface area contributed by atoms with E-state index in [2.05, 4.69) is 66.9 Å². The van der Waals surface area contributed by atoms with E-state index in [1.54, 1.807) is 59.7 Å². The number of aliphatic hydroxyl groups is 2. The Hall–Kier alpha value is -6.43. The second-order valence-corrected chi connectivity index (χ2v) is 25.0. The minimum absolute atomic E-state index is 0.0183. The minimum Gasteiger partial charge on any atom is -0.455 e. The van der Waals surface area contributed by atoms with Crippen LogP contribution in [0, 0.1) is 28.6 Å². The number of Topliss-reactive ketones (excluding diaryl/α,β-unsaturated/α-hetero) is 1. The lowest BCUT2D eigenvalue weighted by molar-refractivity contribution is -0.346. The molecule has 6 rings (SSSR count). The first-order chi connectivity index (χ1) is 39.7. The van der Waals surface area contributed by atoms with Gasteiger partial charge in [0.05, 0.1) is 41.6 Å². The Morgan fingerprint density at radius 2 is 1.39 bits per heavy atom. The first-order valence-corrected chi connectivity index (χ1v) is 29.9.